The molecular weight excluding hydrogens is 228 g/mol. The van der Waals surface area contributed by atoms with Crippen molar-refractivity contribution >= 4 is 11.8 Å². The molecule has 1 saturated carbocycles. The summed E-state index contributed by atoms with van der Waals surface area (Å²) < 4.78 is 0. The van der Waals surface area contributed by atoms with Gasteiger partial charge in [-0.25, -0.2) is 9.78 Å². The number of carboxylic acid groups (broad SMARTS) is 1. The van der Waals surface area contributed by atoms with Crippen molar-refractivity contribution in [2.75, 3.05) is 5.32 Å². The Morgan fingerprint density at radius 3 is 2.78 bits per heavy atom. The number of nitrogens with one attached hydrogen (secondary N) is 1. The van der Waals surface area contributed by atoms with Crippen LogP contribution in [0.4, 0.5) is 5.82 Å². The second-order valence-corrected chi connectivity index (χ2v) is 5.90. The summed E-state index contributed by atoms with van der Waals surface area (Å²) in [7, 11) is 0. The molecule has 0 saturated heterocycles. The smallest absolute Gasteiger partial charge is 0.339 e. The second kappa shape index (κ2) is 4.59. The molecule has 0 amide bonds. The van der Waals surface area contributed by atoms with Gasteiger partial charge in [-0.3, -0.25) is 0 Å². The van der Waals surface area contributed by atoms with Gasteiger partial charge in [0.15, 0.2) is 0 Å². The fraction of sp³-hybridized carbons (Fsp3) is 0.571. The van der Waals surface area contributed by atoms with E-state index >= 15 is 0 Å². The predicted octanol–water partition coefficient (Wildman–Crippen LogP) is 3.08. The molecule has 4 nitrogen and oxygen atoms in total. The Morgan fingerprint density at radius 1 is 1.50 bits per heavy atom. The van der Waals surface area contributed by atoms with Crippen molar-refractivity contribution in [2.24, 2.45) is 5.41 Å². The lowest BCUT2D eigenvalue weighted by Gasteiger charge is -2.19. The van der Waals surface area contributed by atoms with E-state index in [4.69, 9.17) is 5.11 Å². The highest BCUT2D eigenvalue weighted by Gasteiger charge is 2.31. The van der Waals surface area contributed by atoms with Crippen LogP contribution in [0.5, 0.6) is 0 Å². The van der Waals surface area contributed by atoms with Crippen LogP contribution in [-0.4, -0.2) is 22.1 Å². The maximum Gasteiger partial charge on any atom is 0.339 e. The van der Waals surface area contributed by atoms with Crippen LogP contribution in [0.3, 0.4) is 0 Å². The van der Waals surface area contributed by atoms with E-state index in [1.807, 2.05) is 6.92 Å². The van der Waals surface area contributed by atoms with Crippen molar-refractivity contribution in [2.45, 2.75) is 46.1 Å². The van der Waals surface area contributed by atoms with E-state index in [-0.39, 0.29) is 5.56 Å². The molecular formula is C14H20N2O2. The van der Waals surface area contributed by atoms with Crippen LogP contribution in [0.15, 0.2) is 12.1 Å². The molecule has 1 aliphatic rings. The summed E-state index contributed by atoms with van der Waals surface area (Å²) in [5, 5.41) is 12.4. The molecule has 1 aromatic heterocycles. The van der Waals surface area contributed by atoms with Crippen LogP contribution in [0.25, 0.3) is 0 Å². The molecule has 0 aliphatic heterocycles. The van der Waals surface area contributed by atoms with E-state index in [0.717, 1.165) is 18.5 Å². The minimum atomic E-state index is -0.928. The molecule has 1 aromatic rings. The zero-order chi connectivity index (χ0) is 13.3. The Kier molecular flexibility index (Phi) is 3.28. The second-order valence-electron chi connectivity index (χ2n) is 5.90. The van der Waals surface area contributed by atoms with Gasteiger partial charge in [0.25, 0.3) is 0 Å². The Balaban J connectivity index is 2.18. The van der Waals surface area contributed by atoms with Crippen LogP contribution in [0, 0.1) is 12.3 Å². The first-order chi connectivity index (χ1) is 8.37. The van der Waals surface area contributed by atoms with Crippen LogP contribution in [0.2, 0.25) is 0 Å². The van der Waals surface area contributed by atoms with Gasteiger partial charge in [0, 0.05) is 11.7 Å². The van der Waals surface area contributed by atoms with Gasteiger partial charge >= 0.3 is 5.97 Å². The van der Waals surface area contributed by atoms with Gasteiger partial charge < -0.3 is 10.4 Å². The molecule has 1 unspecified atom stereocenters. The van der Waals surface area contributed by atoms with E-state index in [2.05, 4.69) is 24.1 Å². The number of hydrogen-bond acceptors (Lipinski definition) is 3. The van der Waals surface area contributed by atoms with Gasteiger partial charge in [-0.1, -0.05) is 13.8 Å². The number of rotatable bonds is 3. The lowest BCUT2D eigenvalue weighted by atomic mass is 9.92. The molecule has 1 atom stereocenters. The third-order valence-electron chi connectivity index (χ3n) is 3.57. The monoisotopic (exact) mass is 248 g/mol. The number of pyridine rings is 1. The van der Waals surface area contributed by atoms with Gasteiger partial charge in [0.1, 0.15) is 11.4 Å². The van der Waals surface area contributed by atoms with Gasteiger partial charge in [-0.15, -0.1) is 0 Å². The number of hydrogen-bond donors (Lipinski definition) is 2. The van der Waals surface area contributed by atoms with Gasteiger partial charge in [0.05, 0.1) is 0 Å². The van der Waals surface area contributed by atoms with Crippen LogP contribution < -0.4 is 5.32 Å². The number of aryl methyl sites for hydroxylation is 1. The van der Waals surface area contributed by atoms with Crippen molar-refractivity contribution in [1.29, 1.82) is 0 Å². The van der Waals surface area contributed by atoms with E-state index in [0.29, 0.717) is 17.3 Å². The number of carbonyl (C=O) groups is 1. The maximum atomic E-state index is 11.2. The molecule has 98 valence electrons. The number of carboxylic acids is 1. The lowest BCUT2D eigenvalue weighted by molar-refractivity contribution is 0.0697. The molecule has 0 radical (unpaired) electrons. The van der Waals surface area contributed by atoms with Gasteiger partial charge in [-0.05, 0) is 43.7 Å². The maximum absolute atomic E-state index is 11.2. The first-order valence-corrected chi connectivity index (χ1v) is 6.35. The minimum absolute atomic E-state index is 0.255. The molecule has 18 heavy (non-hydrogen) atoms. The van der Waals surface area contributed by atoms with Gasteiger partial charge in [-0.2, -0.15) is 0 Å². The normalized spacial score (nSPS) is 21.8. The van der Waals surface area contributed by atoms with Crippen LogP contribution >= 0.6 is 0 Å². The zero-order valence-electron chi connectivity index (χ0n) is 11.2. The number of aromatic carboxylic acids is 1. The van der Waals surface area contributed by atoms with E-state index in [1.165, 1.54) is 6.42 Å². The number of anilines is 1. The molecule has 1 heterocycles. The largest absolute Gasteiger partial charge is 0.478 e. The summed E-state index contributed by atoms with van der Waals surface area (Å²) in [6.07, 6.45) is 3.29. The highest BCUT2D eigenvalue weighted by atomic mass is 16.4. The Hall–Kier alpha value is -1.58. The van der Waals surface area contributed by atoms with Gasteiger partial charge in [0.2, 0.25) is 0 Å². The average molecular weight is 248 g/mol. The fourth-order valence-electron chi connectivity index (χ4n) is 2.59. The first-order valence-electron chi connectivity index (χ1n) is 6.35. The van der Waals surface area contributed by atoms with Crippen LogP contribution in [-0.2, 0) is 0 Å². The predicted molar refractivity (Wildman–Crippen MR) is 71.0 cm³/mol. The molecule has 0 aromatic carbocycles. The molecule has 1 aliphatic carbocycles. The molecule has 2 rings (SSSR count). The zero-order valence-corrected chi connectivity index (χ0v) is 11.2. The molecule has 0 bridgehead atoms. The molecule has 4 heteroatoms. The van der Waals surface area contributed by atoms with Crippen molar-refractivity contribution < 1.29 is 9.90 Å². The summed E-state index contributed by atoms with van der Waals surface area (Å²) in [6, 6.07) is 3.67. The SMILES string of the molecule is Cc1ccc(C(=O)O)c(NC2CCC(C)(C)C2)n1. The van der Waals surface area contributed by atoms with Crippen molar-refractivity contribution in [3.05, 3.63) is 23.4 Å². The number of aromatic nitrogens is 1. The van der Waals surface area contributed by atoms with Crippen molar-refractivity contribution in [1.82, 2.24) is 4.98 Å². The van der Waals surface area contributed by atoms with Crippen molar-refractivity contribution in [3.63, 3.8) is 0 Å². The Labute approximate surface area is 107 Å². The molecule has 0 spiro atoms. The Morgan fingerprint density at radius 2 is 2.22 bits per heavy atom. The average Bonchev–Trinajstić information content (AvgIpc) is 2.57. The van der Waals surface area contributed by atoms with E-state index in [1.54, 1.807) is 12.1 Å². The van der Waals surface area contributed by atoms with Crippen LogP contribution in [0.1, 0.15) is 49.2 Å². The standard InChI is InChI=1S/C14H20N2O2/c1-9-4-5-11(13(17)18)12(15-9)16-10-6-7-14(2,3)8-10/h4-5,10H,6-8H2,1-3H3,(H,15,16)(H,17,18). The first kappa shape index (κ1) is 12.9. The van der Waals surface area contributed by atoms with E-state index in [9.17, 15) is 4.79 Å². The molecule has 2 N–H and O–H groups in total. The van der Waals surface area contributed by atoms with Crippen molar-refractivity contribution in [3.8, 4) is 0 Å². The number of nitrogens with zero attached hydrogens (tertiary/aromatic N) is 1. The highest BCUT2D eigenvalue weighted by Crippen LogP contribution is 2.38. The summed E-state index contributed by atoms with van der Waals surface area (Å²) in [5.74, 6) is -0.424. The van der Waals surface area contributed by atoms with E-state index < -0.39 is 5.97 Å². The third-order valence-corrected chi connectivity index (χ3v) is 3.57. The third kappa shape index (κ3) is 2.81. The lowest BCUT2D eigenvalue weighted by Crippen LogP contribution is -2.20. The summed E-state index contributed by atoms with van der Waals surface area (Å²) in [4.78, 5) is 15.5. The summed E-state index contributed by atoms with van der Waals surface area (Å²) in [5.41, 5.74) is 1.43. The highest BCUT2D eigenvalue weighted by molar-refractivity contribution is 5.93. The quantitative estimate of drug-likeness (QED) is 0.863. The Bertz CT molecular complexity index is 469. The minimum Gasteiger partial charge on any atom is -0.478 e. The topological polar surface area (TPSA) is 62.2 Å². The fourth-order valence-corrected chi connectivity index (χ4v) is 2.59. The molecule has 1 fully saturated rings. The summed E-state index contributed by atoms with van der Waals surface area (Å²) >= 11 is 0. The summed E-state index contributed by atoms with van der Waals surface area (Å²) in [6.45, 7) is 6.36.